The van der Waals surface area contributed by atoms with Crippen LogP contribution in [0, 0.1) is 6.92 Å². The average Bonchev–Trinajstić information content (AvgIpc) is 2.83. The third-order valence-corrected chi connectivity index (χ3v) is 6.85. The number of pyridine rings is 1. The Balaban J connectivity index is 1.41. The number of amides is 2. The summed E-state index contributed by atoms with van der Waals surface area (Å²) >= 11 is 0. The minimum Gasteiger partial charge on any atom is -0.383 e. The molecule has 0 saturated carbocycles. The van der Waals surface area contributed by atoms with Crippen LogP contribution in [0.5, 0.6) is 0 Å². The molecule has 2 aliphatic rings. The summed E-state index contributed by atoms with van der Waals surface area (Å²) < 4.78 is 5.46. The van der Waals surface area contributed by atoms with E-state index in [2.05, 4.69) is 54.4 Å². The summed E-state index contributed by atoms with van der Waals surface area (Å²) in [5.41, 5.74) is 5.29. The monoisotopic (exact) mass is 441 g/mol. The first-order chi connectivity index (χ1) is 16.1. The molecule has 6 nitrogen and oxygen atoms in total. The summed E-state index contributed by atoms with van der Waals surface area (Å²) in [6.07, 6.45) is 3.19. The summed E-state index contributed by atoms with van der Waals surface area (Å²) in [5, 5.41) is 0. The smallest absolute Gasteiger partial charge is 0.255 e. The van der Waals surface area contributed by atoms with E-state index in [0.29, 0.717) is 18.7 Å². The lowest BCUT2D eigenvalue weighted by Gasteiger charge is -2.59. The van der Waals surface area contributed by atoms with E-state index in [1.807, 2.05) is 11.0 Å². The minimum atomic E-state index is -0.153. The predicted molar refractivity (Wildman–Crippen MR) is 126 cm³/mol. The van der Waals surface area contributed by atoms with Crippen LogP contribution >= 0.6 is 0 Å². The molecule has 2 fully saturated rings. The number of carbonyl (C=O) groups is 2. The predicted octanol–water partition coefficient (Wildman–Crippen LogP) is 3.52. The highest BCUT2D eigenvalue weighted by Crippen LogP contribution is 2.43. The summed E-state index contributed by atoms with van der Waals surface area (Å²) in [4.78, 5) is 33.6. The second-order valence-electron chi connectivity index (χ2n) is 8.78. The molecule has 5 rings (SSSR count). The van der Waals surface area contributed by atoms with Crippen LogP contribution in [0.1, 0.15) is 27.4 Å². The molecule has 3 atom stereocenters. The highest BCUT2D eigenvalue weighted by atomic mass is 16.5. The number of fused-ring (bicyclic) bond motifs is 1. The van der Waals surface area contributed by atoms with Gasteiger partial charge >= 0.3 is 0 Å². The molecule has 0 N–H and O–H groups in total. The molecule has 168 valence electrons. The lowest BCUT2D eigenvalue weighted by molar-refractivity contribution is -0.160. The standard InChI is InChI=1S/C27H27N3O3/c1-18-6-3-4-8-22(18)19-9-11-20(12-10-19)26-23-15-29(27(32)21-7-5-13-28-14-21)16-25(31)30(23)24(26)17-33-2/h3-14,23-24,26H,15-17H2,1-2H3/t23-,24-,26?/m1/s1. The van der Waals surface area contributed by atoms with Gasteiger partial charge in [0, 0.05) is 32.0 Å². The van der Waals surface area contributed by atoms with Crippen LogP contribution in [0.15, 0.2) is 73.1 Å². The van der Waals surface area contributed by atoms with E-state index in [1.165, 1.54) is 22.3 Å². The van der Waals surface area contributed by atoms with E-state index in [0.717, 1.165) is 0 Å². The Morgan fingerprint density at radius 2 is 1.88 bits per heavy atom. The van der Waals surface area contributed by atoms with E-state index < -0.39 is 0 Å². The third-order valence-electron chi connectivity index (χ3n) is 6.85. The van der Waals surface area contributed by atoms with Crippen molar-refractivity contribution in [2.45, 2.75) is 24.9 Å². The van der Waals surface area contributed by atoms with E-state index >= 15 is 0 Å². The van der Waals surface area contributed by atoms with Crippen LogP contribution in [0.2, 0.25) is 0 Å². The van der Waals surface area contributed by atoms with Crippen molar-refractivity contribution in [3.05, 3.63) is 89.7 Å². The fourth-order valence-corrected chi connectivity index (χ4v) is 5.26. The number of aryl methyl sites for hydroxylation is 1. The van der Waals surface area contributed by atoms with Crippen LogP contribution in [-0.4, -0.2) is 65.5 Å². The SMILES string of the molecule is COC[C@@H]1C(c2ccc(-c3ccccc3C)cc2)[C@H]2CN(C(=O)c3cccnc3)CC(=O)N12. The Bertz CT molecular complexity index is 1160. The van der Waals surface area contributed by atoms with Crippen molar-refractivity contribution >= 4 is 11.8 Å². The third kappa shape index (κ3) is 3.80. The van der Waals surface area contributed by atoms with Crippen LogP contribution < -0.4 is 0 Å². The van der Waals surface area contributed by atoms with Gasteiger partial charge in [0.1, 0.15) is 6.54 Å². The van der Waals surface area contributed by atoms with Gasteiger partial charge in [0.25, 0.3) is 5.91 Å². The first kappa shape index (κ1) is 21.3. The molecule has 33 heavy (non-hydrogen) atoms. The molecule has 0 aliphatic carbocycles. The number of hydrogen-bond acceptors (Lipinski definition) is 4. The van der Waals surface area contributed by atoms with Crippen molar-refractivity contribution in [1.82, 2.24) is 14.8 Å². The molecular weight excluding hydrogens is 414 g/mol. The van der Waals surface area contributed by atoms with Gasteiger partial charge in [-0.2, -0.15) is 0 Å². The topological polar surface area (TPSA) is 62.7 Å². The average molecular weight is 442 g/mol. The van der Waals surface area contributed by atoms with Crippen molar-refractivity contribution in [1.29, 1.82) is 0 Å². The number of hydrogen-bond donors (Lipinski definition) is 0. The highest BCUT2D eigenvalue weighted by molar-refractivity contribution is 5.97. The maximum absolute atomic E-state index is 13.0. The quantitative estimate of drug-likeness (QED) is 0.608. The number of piperazine rings is 1. The van der Waals surface area contributed by atoms with Gasteiger partial charge in [-0.15, -0.1) is 0 Å². The first-order valence-corrected chi connectivity index (χ1v) is 11.2. The summed E-state index contributed by atoms with van der Waals surface area (Å²) in [6, 6.07) is 20.3. The summed E-state index contributed by atoms with van der Waals surface area (Å²) in [6.45, 7) is 3.18. The van der Waals surface area contributed by atoms with Crippen molar-refractivity contribution in [3.63, 3.8) is 0 Å². The van der Waals surface area contributed by atoms with Gasteiger partial charge in [0.15, 0.2) is 0 Å². The normalized spacial score (nSPS) is 22.0. The van der Waals surface area contributed by atoms with E-state index in [9.17, 15) is 9.59 Å². The second kappa shape index (κ2) is 8.79. The molecule has 1 unspecified atom stereocenters. The first-order valence-electron chi connectivity index (χ1n) is 11.2. The van der Waals surface area contributed by atoms with E-state index in [4.69, 9.17) is 4.74 Å². The summed E-state index contributed by atoms with van der Waals surface area (Å²) in [5.74, 6) is -0.0671. The number of ether oxygens (including phenoxy) is 1. The highest BCUT2D eigenvalue weighted by Gasteiger charge is 2.54. The Kier molecular flexibility index (Phi) is 5.68. The molecule has 1 aromatic heterocycles. The molecule has 2 aromatic carbocycles. The van der Waals surface area contributed by atoms with Gasteiger partial charge in [-0.3, -0.25) is 14.6 Å². The molecule has 2 aliphatic heterocycles. The van der Waals surface area contributed by atoms with Crippen molar-refractivity contribution < 1.29 is 14.3 Å². The number of benzene rings is 2. The van der Waals surface area contributed by atoms with E-state index in [1.54, 1.807) is 36.5 Å². The van der Waals surface area contributed by atoms with Crippen molar-refractivity contribution in [3.8, 4) is 11.1 Å². The number of methoxy groups -OCH3 is 1. The van der Waals surface area contributed by atoms with Crippen LogP contribution in [0.25, 0.3) is 11.1 Å². The molecule has 0 bridgehead atoms. The van der Waals surface area contributed by atoms with Crippen LogP contribution in [0.3, 0.4) is 0 Å². The molecule has 6 heteroatoms. The molecule has 3 heterocycles. The maximum atomic E-state index is 13.0. The molecule has 2 amide bonds. The maximum Gasteiger partial charge on any atom is 0.255 e. The number of carbonyl (C=O) groups excluding carboxylic acids is 2. The zero-order valence-corrected chi connectivity index (χ0v) is 18.8. The number of aromatic nitrogens is 1. The minimum absolute atomic E-state index is 0.0209. The lowest BCUT2D eigenvalue weighted by Crippen LogP contribution is -2.73. The Morgan fingerprint density at radius 1 is 1.09 bits per heavy atom. The fraction of sp³-hybridized carbons (Fsp3) is 0.296. The van der Waals surface area contributed by atoms with Gasteiger partial charge in [0.05, 0.1) is 24.3 Å². The second-order valence-corrected chi connectivity index (χ2v) is 8.78. The Hall–Kier alpha value is -3.51. The van der Waals surface area contributed by atoms with Gasteiger partial charge in [-0.05, 0) is 41.3 Å². The molecular formula is C27H27N3O3. The van der Waals surface area contributed by atoms with Gasteiger partial charge in [0.2, 0.25) is 5.91 Å². The Morgan fingerprint density at radius 3 is 2.58 bits per heavy atom. The number of nitrogens with zero attached hydrogens (tertiary/aromatic N) is 3. The van der Waals surface area contributed by atoms with Gasteiger partial charge in [-0.25, -0.2) is 0 Å². The lowest BCUT2D eigenvalue weighted by atomic mass is 9.73. The van der Waals surface area contributed by atoms with Crippen molar-refractivity contribution in [2.75, 3.05) is 26.8 Å². The zero-order valence-electron chi connectivity index (χ0n) is 18.8. The van der Waals surface area contributed by atoms with Crippen molar-refractivity contribution in [2.24, 2.45) is 0 Å². The largest absolute Gasteiger partial charge is 0.383 e. The Labute approximate surface area is 193 Å². The molecule has 3 aromatic rings. The van der Waals surface area contributed by atoms with Gasteiger partial charge < -0.3 is 14.5 Å². The molecule has 0 radical (unpaired) electrons. The number of rotatable bonds is 5. The van der Waals surface area contributed by atoms with E-state index in [-0.39, 0.29) is 36.4 Å². The van der Waals surface area contributed by atoms with Crippen LogP contribution in [-0.2, 0) is 9.53 Å². The van der Waals surface area contributed by atoms with Gasteiger partial charge in [-0.1, -0.05) is 48.5 Å². The zero-order chi connectivity index (χ0) is 22.9. The van der Waals surface area contributed by atoms with Crippen LogP contribution in [0.4, 0.5) is 0 Å². The molecule has 2 saturated heterocycles. The summed E-state index contributed by atoms with van der Waals surface area (Å²) in [7, 11) is 1.67. The molecule has 0 spiro atoms. The fourth-order valence-electron chi connectivity index (χ4n) is 5.26.